The molecule has 7 heteroatoms. The molecule has 2 N–H and O–H groups in total. The smallest absolute Gasteiger partial charge is 0.409 e. The minimum Gasteiger partial charge on any atom is -0.450 e. The molecule has 0 bridgehead atoms. The average molecular weight is 383 g/mol. The molecule has 1 aliphatic rings. The maximum absolute atomic E-state index is 11.8. The number of carbonyl (C=O) groups is 1. The number of ether oxygens (including phenoxy) is 1. The molecule has 1 amide bonds. The Morgan fingerprint density at radius 1 is 1.29 bits per heavy atom. The average Bonchev–Trinajstić information content (AvgIpc) is 2.74. The highest BCUT2D eigenvalue weighted by Gasteiger charge is 2.23. The van der Waals surface area contributed by atoms with Crippen LogP contribution in [0.1, 0.15) is 25.3 Å². The molecule has 2 aromatic rings. The van der Waals surface area contributed by atoms with Crippen LogP contribution in [0.2, 0.25) is 0 Å². The lowest BCUT2D eigenvalue weighted by Gasteiger charge is -2.32. The summed E-state index contributed by atoms with van der Waals surface area (Å²) in [5.74, 6) is 0.794. The second kappa shape index (κ2) is 9.92. The van der Waals surface area contributed by atoms with Crippen molar-refractivity contribution in [3.8, 4) is 0 Å². The van der Waals surface area contributed by atoms with Crippen LogP contribution in [0.4, 0.5) is 4.79 Å². The lowest BCUT2D eigenvalue weighted by Crippen LogP contribution is -2.50. The third-order valence-electron chi connectivity index (χ3n) is 4.99. The predicted molar refractivity (Wildman–Crippen MR) is 112 cm³/mol. The summed E-state index contributed by atoms with van der Waals surface area (Å²) in [7, 11) is 1.78. The summed E-state index contributed by atoms with van der Waals surface area (Å²) >= 11 is 0. The van der Waals surface area contributed by atoms with Gasteiger partial charge in [-0.3, -0.25) is 9.98 Å². The van der Waals surface area contributed by atoms with Crippen molar-refractivity contribution in [3.05, 3.63) is 42.1 Å². The van der Waals surface area contributed by atoms with Crippen molar-refractivity contribution in [2.45, 2.75) is 32.2 Å². The molecule has 1 aliphatic heterocycles. The second-order valence-corrected chi connectivity index (χ2v) is 6.85. The van der Waals surface area contributed by atoms with Crippen molar-refractivity contribution < 1.29 is 9.53 Å². The number of aliphatic imine (C=N–C) groups is 1. The third kappa shape index (κ3) is 5.12. The van der Waals surface area contributed by atoms with Crippen LogP contribution in [0.15, 0.2) is 41.5 Å². The molecule has 0 radical (unpaired) electrons. The maximum atomic E-state index is 11.8. The van der Waals surface area contributed by atoms with Crippen LogP contribution in [-0.4, -0.2) is 61.3 Å². The third-order valence-corrected chi connectivity index (χ3v) is 4.99. The second-order valence-electron chi connectivity index (χ2n) is 6.85. The number of likely N-dealkylation sites (tertiary alicyclic amines) is 1. The molecule has 0 atom stereocenters. The number of fused-ring (bicyclic) bond motifs is 1. The summed E-state index contributed by atoms with van der Waals surface area (Å²) < 4.78 is 5.07. The van der Waals surface area contributed by atoms with Gasteiger partial charge in [0.2, 0.25) is 0 Å². The number of carbonyl (C=O) groups excluding carboxylic acids is 1. The number of nitrogens with one attached hydrogen (secondary N) is 2. The number of aromatic nitrogens is 1. The Labute approximate surface area is 166 Å². The van der Waals surface area contributed by atoms with E-state index in [2.05, 4.69) is 44.9 Å². The lowest BCUT2D eigenvalue weighted by atomic mass is 10.1. The summed E-state index contributed by atoms with van der Waals surface area (Å²) in [6, 6.07) is 10.6. The fourth-order valence-electron chi connectivity index (χ4n) is 3.49. The summed E-state index contributed by atoms with van der Waals surface area (Å²) in [5, 5.41) is 8.02. The van der Waals surface area contributed by atoms with Crippen molar-refractivity contribution in [1.29, 1.82) is 0 Å². The fourth-order valence-corrected chi connectivity index (χ4v) is 3.49. The van der Waals surface area contributed by atoms with E-state index in [1.165, 1.54) is 5.56 Å². The van der Waals surface area contributed by atoms with E-state index in [4.69, 9.17) is 4.74 Å². The van der Waals surface area contributed by atoms with Crippen LogP contribution in [0.25, 0.3) is 10.9 Å². The van der Waals surface area contributed by atoms with Gasteiger partial charge in [0.25, 0.3) is 0 Å². The zero-order valence-corrected chi connectivity index (χ0v) is 16.6. The molecule has 0 spiro atoms. The zero-order chi connectivity index (χ0) is 19.8. The number of hydrogen-bond donors (Lipinski definition) is 2. The number of amides is 1. The first-order valence-electron chi connectivity index (χ1n) is 9.92. The largest absolute Gasteiger partial charge is 0.450 e. The van der Waals surface area contributed by atoms with E-state index >= 15 is 0 Å². The van der Waals surface area contributed by atoms with Gasteiger partial charge in [0.15, 0.2) is 5.96 Å². The molecule has 3 rings (SSSR count). The molecular weight excluding hydrogens is 354 g/mol. The quantitative estimate of drug-likeness (QED) is 0.613. The molecule has 0 unspecified atom stereocenters. The van der Waals surface area contributed by atoms with Gasteiger partial charge >= 0.3 is 6.09 Å². The molecule has 28 heavy (non-hydrogen) atoms. The molecule has 1 fully saturated rings. The minimum atomic E-state index is -0.216. The summed E-state index contributed by atoms with van der Waals surface area (Å²) in [5.41, 5.74) is 2.28. The van der Waals surface area contributed by atoms with Crippen LogP contribution < -0.4 is 10.6 Å². The van der Waals surface area contributed by atoms with Crippen molar-refractivity contribution in [2.75, 3.05) is 33.3 Å². The fraction of sp³-hybridized carbons (Fsp3) is 0.476. The van der Waals surface area contributed by atoms with Gasteiger partial charge in [-0.25, -0.2) is 4.79 Å². The zero-order valence-electron chi connectivity index (χ0n) is 16.6. The van der Waals surface area contributed by atoms with Crippen molar-refractivity contribution in [3.63, 3.8) is 0 Å². The molecule has 1 aromatic carbocycles. The number of guanidine groups is 1. The van der Waals surface area contributed by atoms with Gasteiger partial charge in [-0.2, -0.15) is 0 Å². The summed E-state index contributed by atoms with van der Waals surface area (Å²) in [6.45, 7) is 4.43. The van der Waals surface area contributed by atoms with Crippen molar-refractivity contribution in [1.82, 2.24) is 20.5 Å². The molecule has 1 saturated heterocycles. The van der Waals surface area contributed by atoms with Crippen molar-refractivity contribution >= 4 is 23.0 Å². The van der Waals surface area contributed by atoms with Crippen LogP contribution in [0.3, 0.4) is 0 Å². The van der Waals surface area contributed by atoms with Gasteiger partial charge in [-0.05, 0) is 37.8 Å². The Balaban J connectivity index is 1.46. The van der Waals surface area contributed by atoms with Crippen LogP contribution >= 0.6 is 0 Å². The molecule has 0 aliphatic carbocycles. The van der Waals surface area contributed by atoms with Crippen LogP contribution in [0, 0.1) is 0 Å². The number of pyridine rings is 1. The highest BCUT2D eigenvalue weighted by molar-refractivity contribution is 5.82. The first kappa shape index (κ1) is 19.9. The topological polar surface area (TPSA) is 78.8 Å². The van der Waals surface area contributed by atoms with Crippen LogP contribution in [-0.2, 0) is 11.2 Å². The van der Waals surface area contributed by atoms with Gasteiger partial charge in [-0.1, -0.05) is 24.3 Å². The van der Waals surface area contributed by atoms with E-state index < -0.39 is 0 Å². The van der Waals surface area contributed by atoms with E-state index in [1.807, 2.05) is 19.2 Å². The monoisotopic (exact) mass is 383 g/mol. The summed E-state index contributed by atoms with van der Waals surface area (Å²) in [6.07, 6.45) is 4.25. The number of nitrogens with zero attached hydrogens (tertiary/aromatic N) is 3. The van der Waals surface area contributed by atoms with E-state index in [0.29, 0.717) is 25.7 Å². The Morgan fingerprint density at radius 2 is 2.07 bits per heavy atom. The van der Waals surface area contributed by atoms with Gasteiger partial charge < -0.3 is 20.3 Å². The van der Waals surface area contributed by atoms with E-state index in [0.717, 1.165) is 42.7 Å². The summed E-state index contributed by atoms with van der Waals surface area (Å²) in [4.78, 5) is 22.4. The highest BCUT2D eigenvalue weighted by atomic mass is 16.6. The van der Waals surface area contributed by atoms with E-state index in [-0.39, 0.29) is 6.09 Å². The number of para-hydroxylation sites is 1. The Bertz CT molecular complexity index is 810. The van der Waals surface area contributed by atoms with E-state index in [1.54, 1.807) is 11.9 Å². The number of piperidine rings is 1. The molecule has 0 saturated carbocycles. The molecule has 150 valence electrons. The van der Waals surface area contributed by atoms with Crippen molar-refractivity contribution in [2.24, 2.45) is 4.99 Å². The Morgan fingerprint density at radius 3 is 2.82 bits per heavy atom. The van der Waals surface area contributed by atoms with Gasteiger partial charge in [0.05, 0.1) is 12.1 Å². The normalized spacial score (nSPS) is 15.5. The molecule has 2 heterocycles. The Kier molecular flexibility index (Phi) is 7.06. The number of benzene rings is 1. The first-order valence-corrected chi connectivity index (χ1v) is 9.92. The predicted octanol–water partition coefficient (Wildman–Crippen LogP) is 2.56. The number of hydrogen-bond acceptors (Lipinski definition) is 4. The standard InChI is InChI=1S/C21H29N5O2/c1-3-28-21(27)26-14-10-18(11-15-26)25-20(22-2)24-13-9-17-7-4-6-16-8-5-12-23-19(16)17/h4-8,12,18H,3,9-11,13-15H2,1-2H3,(H2,22,24,25). The molecular formula is C21H29N5O2. The molecule has 7 nitrogen and oxygen atoms in total. The minimum absolute atomic E-state index is 0.216. The number of rotatable bonds is 5. The van der Waals surface area contributed by atoms with Gasteiger partial charge in [0, 0.05) is 44.3 Å². The SMILES string of the molecule is CCOC(=O)N1CCC(NC(=NC)NCCc2cccc3cccnc23)CC1. The molecule has 1 aromatic heterocycles. The first-order chi connectivity index (χ1) is 13.7. The lowest BCUT2D eigenvalue weighted by molar-refractivity contribution is 0.0963. The maximum Gasteiger partial charge on any atom is 0.409 e. The van der Waals surface area contributed by atoms with Crippen LogP contribution in [0.5, 0.6) is 0 Å². The van der Waals surface area contributed by atoms with Gasteiger partial charge in [-0.15, -0.1) is 0 Å². The Hall–Kier alpha value is -2.83. The van der Waals surface area contributed by atoms with Gasteiger partial charge in [0.1, 0.15) is 0 Å². The van der Waals surface area contributed by atoms with E-state index in [9.17, 15) is 4.79 Å². The highest BCUT2D eigenvalue weighted by Crippen LogP contribution is 2.16.